The van der Waals surface area contributed by atoms with Gasteiger partial charge >= 0.3 is 0 Å². The SMILES string of the molecule is CCC(C)N(CC(=O)N1CCc2sccc2C1COc1ccc(Cl)cc1)C(=O)c1ccc(OC)cc1. The summed E-state index contributed by atoms with van der Waals surface area (Å²) >= 11 is 7.71. The molecular weight excluding hydrogens is 496 g/mol. The monoisotopic (exact) mass is 526 g/mol. The molecular formula is C28H31ClN2O4S. The lowest BCUT2D eigenvalue weighted by atomic mass is 10.00. The average Bonchev–Trinajstić information content (AvgIpc) is 3.39. The van der Waals surface area contributed by atoms with Crippen LogP contribution in [0.1, 0.15) is 47.1 Å². The van der Waals surface area contributed by atoms with Crippen LogP contribution in [0.25, 0.3) is 0 Å². The summed E-state index contributed by atoms with van der Waals surface area (Å²) in [5.41, 5.74) is 1.65. The number of rotatable bonds is 9. The minimum absolute atomic E-state index is 0.0107. The van der Waals surface area contributed by atoms with E-state index in [1.165, 1.54) is 4.88 Å². The zero-order valence-corrected chi connectivity index (χ0v) is 22.3. The molecule has 0 saturated carbocycles. The van der Waals surface area contributed by atoms with E-state index >= 15 is 0 Å². The second-order valence-corrected chi connectivity index (χ2v) is 10.3. The van der Waals surface area contributed by atoms with E-state index in [2.05, 4.69) is 11.4 Å². The van der Waals surface area contributed by atoms with E-state index < -0.39 is 0 Å². The third-order valence-electron chi connectivity index (χ3n) is 6.66. The number of nitrogens with zero attached hydrogens (tertiary/aromatic N) is 2. The maximum Gasteiger partial charge on any atom is 0.254 e. The molecule has 0 saturated heterocycles. The Bertz CT molecular complexity index is 1180. The van der Waals surface area contributed by atoms with Gasteiger partial charge in [0.15, 0.2) is 0 Å². The summed E-state index contributed by atoms with van der Waals surface area (Å²) in [5.74, 6) is 1.13. The van der Waals surface area contributed by atoms with Crippen molar-refractivity contribution in [2.45, 2.75) is 38.8 Å². The molecule has 2 unspecified atom stereocenters. The summed E-state index contributed by atoms with van der Waals surface area (Å²) in [4.78, 5) is 31.9. The molecule has 2 aromatic carbocycles. The summed E-state index contributed by atoms with van der Waals surface area (Å²) in [7, 11) is 1.59. The average molecular weight is 527 g/mol. The summed E-state index contributed by atoms with van der Waals surface area (Å²) < 4.78 is 11.3. The van der Waals surface area contributed by atoms with Crippen molar-refractivity contribution in [1.29, 1.82) is 0 Å². The Labute approximate surface area is 221 Å². The molecule has 8 heteroatoms. The minimum Gasteiger partial charge on any atom is -0.497 e. The Balaban J connectivity index is 1.53. The van der Waals surface area contributed by atoms with Crippen molar-refractivity contribution >= 4 is 34.8 Å². The van der Waals surface area contributed by atoms with E-state index in [0.29, 0.717) is 35.2 Å². The molecule has 3 aromatic rings. The van der Waals surface area contributed by atoms with Crippen molar-refractivity contribution < 1.29 is 19.1 Å². The summed E-state index contributed by atoms with van der Waals surface area (Å²) in [5, 5.41) is 2.70. The Morgan fingerprint density at radius 1 is 1.11 bits per heavy atom. The van der Waals surface area contributed by atoms with Crippen LogP contribution in [0.3, 0.4) is 0 Å². The number of thiophene rings is 1. The van der Waals surface area contributed by atoms with Crippen LogP contribution in [-0.2, 0) is 11.2 Å². The molecule has 190 valence electrons. The third kappa shape index (κ3) is 5.85. The van der Waals surface area contributed by atoms with Crippen molar-refractivity contribution in [2.75, 3.05) is 26.8 Å². The highest BCUT2D eigenvalue weighted by Gasteiger charge is 2.34. The normalized spacial score (nSPS) is 15.7. The molecule has 4 rings (SSSR count). The van der Waals surface area contributed by atoms with Crippen molar-refractivity contribution in [3.63, 3.8) is 0 Å². The highest BCUT2D eigenvalue weighted by molar-refractivity contribution is 7.10. The van der Waals surface area contributed by atoms with E-state index in [9.17, 15) is 9.59 Å². The Kier molecular flexibility index (Phi) is 8.54. The van der Waals surface area contributed by atoms with Gasteiger partial charge in [0.2, 0.25) is 5.91 Å². The zero-order valence-electron chi connectivity index (χ0n) is 20.8. The number of methoxy groups -OCH3 is 1. The predicted octanol–water partition coefficient (Wildman–Crippen LogP) is 5.86. The van der Waals surface area contributed by atoms with Crippen LogP contribution in [0, 0.1) is 0 Å². The molecule has 2 amide bonds. The highest BCUT2D eigenvalue weighted by Crippen LogP contribution is 2.34. The van der Waals surface area contributed by atoms with Gasteiger partial charge < -0.3 is 19.3 Å². The molecule has 6 nitrogen and oxygen atoms in total. The van der Waals surface area contributed by atoms with Gasteiger partial charge in [0.05, 0.1) is 13.2 Å². The van der Waals surface area contributed by atoms with Crippen molar-refractivity contribution in [1.82, 2.24) is 9.80 Å². The molecule has 0 fully saturated rings. The quantitative estimate of drug-likeness (QED) is 0.350. The first-order chi connectivity index (χ1) is 17.4. The number of hydrogen-bond acceptors (Lipinski definition) is 5. The van der Waals surface area contributed by atoms with Gasteiger partial charge in [-0.3, -0.25) is 9.59 Å². The second-order valence-electron chi connectivity index (χ2n) is 8.84. The van der Waals surface area contributed by atoms with E-state index in [4.69, 9.17) is 21.1 Å². The molecule has 1 aromatic heterocycles. The Hall–Kier alpha value is -3.03. The van der Waals surface area contributed by atoms with Crippen LogP contribution in [0.4, 0.5) is 0 Å². The van der Waals surface area contributed by atoms with Crippen LogP contribution >= 0.6 is 22.9 Å². The number of carbonyl (C=O) groups is 2. The minimum atomic E-state index is -0.224. The van der Waals surface area contributed by atoms with Crippen LogP contribution in [0.15, 0.2) is 60.0 Å². The van der Waals surface area contributed by atoms with E-state index in [1.54, 1.807) is 59.7 Å². The number of ether oxygens (including phenoxy) is 2. The third-order valence-corrected chi connectivity index (χ3v) is 7.91. The number of benzene rings is 2. The van der Waals surface area contributed by atoms with Crippen LogP contribution in [0.2, 0.25) is 5.02 Å². The highest BCUT2D eigenvalue weighted by atomic mass is 35.5. The first-order valence-corrected chi connectivity index (χ1v) is 13.4. The fraction of sp³-hybridized carbons (Fsp3) is 0.357. The molecule has 1 aliphatic heterocycles. The standard InChI is InChI=1S/C28H31ClN2O4S/c1-4-19(2)31(28(33)20-5-9-22(34-3)10-6-20)17-27(32)30-15-13-26-24(14-16-36-26)25(30)18-35-23-11-7-21(29)8-12-23/h5-12,14,16,19,25H,4,13,15,17-18H2,1-3H3. The van der Waals surface area contributed by atoms with Crippen molar-refractivity contribution in [2.24, 2.45) is 0 Å². The van der Waals surface area contributed by atoms with Gasteiger partial charge in [-0.25, -0.2) is 0 Å². The lowest BCUT2D eigenvalue weighted by Gasteiger charge is -2.38. The van der Waals surface area contributed by atoms with Gasteiger partial charge in [-0.15, -0.1) is 11.3 Å². The maximum atomic E-state index is 13.7. The first kappa shape index (κ1) is 26.0. The molecule has 36 heavy (non-hydrogen) atoms. The fourth-order valence-corrected chi connectivity index (χ4v) is 5.42. The summed E-state index contributed by atoms with van der Waals surface area (Å²) in [6, 6.07) is 16.0. The molecule has 1 aliphatic rings. The lowest BCUT2D eigenvalue weighted by molar-refractivity contribution is -0.136. The topological polar surface area (TPSA) is 59.1 Å². The number of halogens is 1. The molecule has 2 atom stereocenters. The van der Waals surface area contributed by atoms with Crippen LogP contribution in [-0.4, -0.2) is 54.5 Å². The molecule has 0 N–H and O–H groups in total. The Morgan fingerprint density at radius 2 is 1.81 bits per heavy atom. The van der Waals surface area contributed by atoms with Crippen LogP contribution in [0.5, 0.6) is 11.5 Å². The van der Waals surface area contributed by atoms with Gasteiger partial charge in [-0.2, -0.15) is 0 Å². The van der Waals surface area contributed by atoms with E-state index in [1.807, 2.05) is 30.9 Å². The predicted molar refractivity (Wildman–Crippen MR) is 143 cm³/mol. The largest absolute Gasteiger partial charge is 0.497 e. The number of amides is 2. The van der Waals surface area contributed by atoms with Crippen molar-refractivity contribution in [3.8, 4) is 11.5 Å². The smallest absolute Gasteiger partial charge is 0.254 e. The molecule has 2 heterocycles. The van der Waals surface area contributed by atoms with Gasteiger partial charge in [0.1, 0.15) is 24.7 Å². The number of carbonyl (C=O) groups excluding carboxylic acids is 2. The van der Waals surface area contributed by atoms with Crippen molar-refractivity contribution in [3.05, 3.63) is 81.0 Å². The fourth-order valence-electron chi connectivity index (χ4n) is 4.36. The van der Waals surface area contributed by atoms with Crippen LogP contribution < -0.4 is 9.47 Å². The molecule has 0 spiro atoms. The molecule has 0 bridgehead atoms. The van der Waals surface area contributed by atoms with E-state index in [-0.39, 0.29) is 30.4 Å². The second kappa shape index (κ2) is 11.8. The molecule has 0 radical (unpaired) electrons. The van der Waals surface area contributed by atoms with Gasteiger partial charge in [-0.1, -0.05) is 18.5 Å². The Morgan fingerprint density at radius 3 is 2.47 bits per heavy atom. The summed E-state index contributed by atoms with van der Waals surface area (Å²) in [6.45, 7) is 4.92. The first-order valence-electron chi connectivity index (χ1n) is 12.1. The van der Waals surface area contributed by atoms with Gasteiger partial charge in [-0.05, 0) is 85.3 Å². The number of fused-ring (bicyclic) bond motifs is 1. The van der Waals surface area contributed by atoms with E-state index in [0.717, 1.165) is 18.4 Å². The van der Waals surface area contributed by atoms with Gasteiger partial charge in [0.25, 0.3) is 5.91 Å². The lowest BCUT2D eigenvalue weighted by Crippen LogP contribution is -2.49. The molecule has 0 aliphatic carbocycles. The number of hydrogen-bond donors (Lipinski definition) is 0. The zero-order chi connectivity index (χ0) is 25.7. The van der Waals surface area contributed by atoms with Gasteiger partial charge in [0, 0.05) is 28.0 Å². The maximum absolute atomic E-state index is 13.7. The summed E-state index contributed by atoms with van der Waals surface area (Å²) in [6.07, 6.45) is 1.54.